The number of unbranched alkanes of at least 4 members (excludes halogenated alkanes) is 2. The van der Waals surface area contributed by atoms with Gasteiger partial charge in [0, 0.05) is 13.2 Å². The minimum Gasteiger partial charge on any atom is -0.382 e. The van der Waals surface area contributed by atoms with Gasteiger partial charge in [-0.2, -0.15) is 0 Å². The van der Waals surface area contributed by atoms with E-state index in [4.69, 9.17) is 4.74 Å². The Kier molecular flexibility index (Phi) is 7.59. The van der Waals surface area contributed by atoms with Crippen molar-refractivity contribution in [3.05, 3.63) is 12.2 Å². The van der Waals surface area contributed by atoms with Crippen LogP contribution in [0.1, 0.15) is 39.5 Å². The third-order valence-electron chi connectivity index (χ3n) is 1.60. The van der Waals surface area contributed by atoms with Crippen LogP contribution in [-0.2, 0) is 4.74 Å². The van der Waals surface area contributed by atoms with Gasteiger partial charge in [-0.1, -0.05) is 12.0 Å². The van der Waals surface area contributed by atoms with E-state index >= 15 is 0 Å². The molecule has 0 spiro atoms. The van der Waals surface area contributed by atoms with E-state index in [2.05, 4.69) is 13.5 Å². The summed E-state index contributed by atoms with van der Waals surface area (Å²) in [5, 5.41) is 0. The zero-order valence-electron chi connectivity index (χ0n) is 7.86. The Morgan fingerprint density at radius 1 is 1.27 bits per heavy atom. The van der Waals surface area contributed by atoms with Gasteiger partial charge in [0.05, 0.1) is 0 Å². The average molecular weight is 156 g/mol. The Morgan fingerprint density at radius 3 is 2.55 bits per heavy atom. The van der Waals surface area contributed by atoms with Crippen molar-refractivity contribution >= 4 is 0 Å². The van der Waals surface area contributed by atoms with Gasteiger partial charge >= 0.3 is 0 Å². The third kappa shape index (κ3) is 9.70. The molecular weight excluding hydrogens is 136 g/mol. The molecule has 0 atom stereocenters. The van der Waals surface area contributed by atoms with Crippen LogP contribution in [0.15, 0.2) is 12.2 Å². The SMILES string of the molecule is C=C(C)CCCCCOCC. The Hall–Kier alpha value is -0.300. The number of rotatable bonds is 7. The molecule has 1 heteroatoms. The molecule has 0 fully saturated rings. The highest BCUT2D eigenvalue weighted by Crippen LogP contribution is 2.05. The normalized spacial score (nSPS) is 10.0. The van der Waals surface area contributed by atoms with E-state index in [1.165, 1.54) is 31.3 Å². The van der Waals surface area contributed by atoms with Crippen LogP contribution in [0, 0.1) is 0 Å². The molecule has 0 unspecified atom stereocenters. The fourth-order valence-electron chi connectivity index (χ4n) is 0.952. The number of hydrogen-bond donors (Lipinski definition) is 0. The third-order valence-corrected chi connectivity index (χ3v) is 1.60. The highest BCUT2D eigenvalue weighted by Gasteiger charge is 1.89. The summed E-state index contributed by atoms with van der Waals surface area (Å²) in [6.07, 6.45) is 4.91. The van der Waals surface area contributed by atoms with Crippen LogP contribution in [-0.4, -0.2) is 13.2 Å². The van der Waals surface area contributed by atoms with Crippen molar-refractivity contribution in [1.29, 1.82) is 0 Å². The van der Waals surface area contributed by atoms with E-state index in [0.717, 1.165) is 13.2 Å². The zero-order chi connectivity index (χ0) is 8.53. The van der Waals surface area contributed by atoms with E-state index < -0.39 is 0 Å². The molecule has 0 rings (SSSR count). The maximum Gasteiger partial charge on any atom is 0.0465 e. The molecular formula is C10H20O. The Morgan fingerprint density at radius 2 is 2.00 bits per heavy atom. The van der Waals surface area contributed by atoms with Gasteiger partial charge in [0.15, 0.2) is 0 Å². The average Bonchev–Trinajstić information content (AvgIpc) is 1.96. The summed E-state index contributed by atoms with van der Waals surface area (Å²) in [5.74, 6) is 0. The first-order valence-corrected chi connectivity index (χ1v) is 4.49. The lowest BCUT2D eigenvalue weighted by Crippen LogP contribution is -1.92. The summed E-state index contributed by atoms with van der Waals surface area (Å²) in [6.45, 7) is 9.75. The number of ether oxygens (including phenoxy) is 1. The van der Waals surface area contributed by atoms with E-state index in [0.29, 0.717) is 0 Å². The smallest absolute Gasteiger partial charge is 0.0465 e. The number of allylic oxidation sites excluding steroid dienone is 1. The summed E-state index contributed by atoms with van der Waals surface area (Å²) in [6, 6.07) is 0. The maximum absolute atomic E-state index is 5.22. The lowest BCUT2D eigenvalue weighted by molar-refractivity contribution is 0.143. The second-order valence-electron chi connectivity index (χ2n) is 2.96. The van der Waals surface area contributed by atoms with Gasteiger partial charge in [-0.05, 0) is 33.1 Å². The van der Waals surface area contributed by atoms with Crippen molar-refractivity contribution in [1.82, 2.24) is 0 Å². The largest absolute Gasteiger partial charge is 0.382 e. The molecule has 0 aliphatic heterocycles. The summed E-state index contributed by atoms with van der Waals surface area (Å²) >= 11 is 0. The highest BCUT2D eigenvalue weighted by molar-refractivity contribution is 4.86. The Balaban J connectivity index is 2.85. The van der Waals surface area contributed by atoms with E-state index in [1.54, 1.807) is 0 Å². The first kappa shape index (κ1) is 10.7. The van der Waals surface area contributed by atoms with Crippen molar-refractivity contribution in [2.45, 2.75) is 39.5 Å². The van der Waals surface area contributed by atoms with Gasteiger partial charge in [0.2, 0.25) is 0 Å². The molecule has 0 saturated heterocycles. The van der Waals surface area contributed by atoms with E-state index in [1.807, 2.05) is 6.92 Å². The zero-order valence-corrected chi connectivity index (χ0v) is 7.86. The molecule has 0 N–H and O–H groups in total. The first-order chi connectivity index (χ1) is 5.27. The van der Waals surface area contributed by atoms with Crippen molar-refractivity contribution in [3.8, 4) is 0 Å². The molecule has 0 aliphatic rings. The predicted molar refractivity (Wildman–Crippen MR) is 49.8 cm³/mol. The topological polar surface area (TPSA) is 9.23 Å². The van der Waals surface area contributed by atoms with Crippen LogP contribution in [0.2, 0.25) is 0 Å². The quantitative estimate of drug-likeness (QED) is 0.406. The Bertz CT molecular complexity index is 97.0. The molecule has 0 heterocycles. The van der Waals surface area contributed by atoms with Crippen molar-refractivity contribution in [2.75, 3.05) is 13.2 Å². The molecule has 0 bridgehead atoms. The molecule has 0 aromatic heterocycles. The second-order valence-corrected chi connectivity index (χ2v) is 2.96. The van der Waals surface area contributed by atoms with Gasteiger partial charge in [-0.25, -0.2) is 0 Å². The fraction of sp³-hybridized carbons (Fsp3) is 0.800. The lowest BCUT2D eigenvalue weighted by Gasteiger charge is -2.00. The molecule has 11 heavy (non-hydrogen) atoms. The minimum absolute atomic E-state index is 0.848. The lowest BCUT2D eigenvalue weighted by atomic mass is 10.1. The monoisotopic (exact) mass is 156 g/mol. The van der Waals surface area contributed by atoms with Crippen LogP contribution in [0.4, 0.5) is 0 Å². The Labute approximate surface area is 70.4 Å². The van der Waals surface area contributed by atoms with Crippen LogP contribution in [0.5, 0.6) is 0 Å². The van der Waals surface area contributed by atoms with E-state index in [-0.39, 0.29) is 0 Å². The number of hydrogen-bond acceptors (Lipinski definition) is 1. The first-order valence-electron chi connectivity index (χ1n) is 4.49. The summed E-state index contributed by atoms with van der Waals surface area (Å²) in [4.78, 5) is 0. The van der Waals surface area contributed by atoms with Crippen molar-refractivity contribution in [3.63, 3.8) is 0 Å². The van der Waals surface area contributed by atoms with Gasteiger partial charge in [0.1, 0.15) is 0 Å². The fourth-order valence-corrected chi connectivity index (χ4v) is 0.952. The summed E-state index contributed by atoms with van der Waals surface area (Å²) < 4.78 is 5.22. The van der Waals surface area contributed by atoms with Crippen LogP contribution in [0.3, 0.4) is 0 Å². The molecule has 0 aromatic rings. The van der Waals surface area contributed by atoms with Crippen LogP contribution in [0.25, 0.3) is 0 Å². The van der Waals surface area contributed by atoms with Gasteiger partial charge < -0.3 is 4.74 Å². The second kappa shape index (κ2) is 7.80. The summed E-state index contributed by atoms with van der Waals surface area (Å²) in [5.41, 5.74) is 1.29. The molecule has 0 aromatic carbocycles. The molecule has 0 aliphatic carbocycles. The molecule has 0 amide bonds. The van der Waals surface area contributed by atoms with Crippen LogP contribution >= 0.6 is 0 Å². The van der Waals surface area contributed by atoms with E-state index in [9.17, 15) is 0 Å². The van der Waals surface area contributed by atoms with Crippen molar-refractivity contribution in [2.24, 2.45) is 0 Å². The van der Waals surface area contributed by atoms with Gasteiger partial charge in [0.25, 0.3) is 0 Å². The standard InChI is InChI=1S/C10H20O/c1-4-11-9-7-5-6-8-10(2)3/h2,4-9H2,1,3H3. The molecule has 66 valence electrons. The molecule has 0 radical (unpaired) electrons. The minimum atomic E-state index is 0.848. The maximum atomic E-state index is 5.22. The van der Waals surface area contributed by atoms with Gasteiger partial charge in [-0.3, -0.25) is 0 Å². The highest BCUT2D eigenvalue weighted by atomic mass is 16.5. The van der Waals surface area contributed by atoms with Gasteiger partial charge in [-0.15, -0.1) is 6.58 Å². The van der Waals surface area contributed by atoms with Crippen LogP contribution < -0.4 is 0 Å². The summed E-state index contributed by atoms with van der Waals surface area (Å²) in [7, 11) is 0. The predicted octanol–water partition coefficient (Wildman–Crippen LogP) is 3.16. The molecule has 0 saturated carbocycles. The van der Waals surface area contributed by atoms with Crippen molar-refractivity contribution < 1.29 is 4.74 Å². The molecule has 1 nitrogen and oxygen atoms in total.